The number of hydrogen-bond acceptors (Lipinski definition) is 2. The van der Waals surface area contributed by atoms with E-state index in [2.05, 4.69) is 16.0 Å². The maximum absolute atomic E-state index is 11.9. The number of hydrogen-bond donors (Lipinski definition) is 3. The molecule has 0 saturated heterocycles. The third-order valence-electron chi connectivity index (χ3n) is 3.81. The topological polar surface area (TPSA) is 70.2 Å². The Balaban J connectivity index is 1.44. The summed E-state index contributed by atoms with van der Waals surface area (Å²) in [6.07, 6.45) is 2.55. The van der Waals surface area contributed by atoms with Crippen LogP contribution in [0.15, 0.2) is 54.6 Å². The van der Waals surface area contributed by atoms with Crippen molar-refractivity contribution in [3.8, 4) is 0 Å². The largest absolute Gasteiger partial charge is 0.353 e. The fraction of sp³-hybridized carbons (Fsp3) is 0.263. The summed E-state index contributed by atoms with van der Waals surface area (Å²) in [6.45, 7) is 0.478. The summed E-state index contributed by atoms with van der Waals surface area (Å²) in [6, 6.07) is 17.2. The minimum Gasteiger partial charge on any atom is -0.353 e. The number of anilines is 1. The maximum Gasteiger partial charge on any atom is 0.319 e. The lowest BCUT2D eigenvalue weighted by Gasteiger charge is -2.09. The van der Waals surface area contributed by atoms with Crippen molar-refractivity contribution in [2.45, 2.75) is 31.8 Å². The molecule has 24 heavy (non-hydrogen) atoms. The van der Waals surface area contributed by atoms with Gasteiger partial charge in [0.2, 0.25) is 5.91 Å². The molecule has 3 N–H and O–H groups in total. The summed E-state index contributed by atoms with van der Waals surface area (Å²) in [5.74, 6) is 0.0545. The lowest BCUT2D eigenvalue weighted by Crippen LogP contribution is -2.28. The van der Waals surface area contributed by atoms with Gasteiger partial charge in [-0.3, -0.25) is 4.79 Å². The summed E-state index contributed by atoms with van der Waals surface area (Å²) in [5.41, 5.74) is 2.68. The highest BCUT2D eigenvalue weighted by atomic mass is 16.2. The zero-order chi connectivity index (χ0) is 16.8. The first-order valence-electron chi connectivity index (χ1n) is 8.16. The van der Waals surface area contributed by atoms with Crippen LogP contribution in [0.1, 0.15) is 24.0 Å². The Kier molecular flexibility index (Phi) is 5.11. The minimum absolute atomic E-state index is 0.0545. The van der Waals surface area contributed by atoms with Gasteiger partial charge in [0.25, 0.3) is 0 Å². The number of carbonyl (C=O) groups is 2. The highest BCUT2D eigenvalue weighted by Gasteiger charge is 2.22. The first-order chi connectivity index (χ1) is 11.7. The molecule has 124 valence electrons. The van der Waals surface area contributed by atoms with Gasteiger partial charge in [-0.15, -0.1) is 0 Å². The van der Waals surface area contributed by atoms with Crippen molar-refractivity contribution in [2.75, 3.05) is 5.32 Å². The molecule has 0 heterocycles. The van der Waals surface area contributed by atoms with E-state index < -0.39 is 0 Å². The predicted octanol–water partition coefficient (Wildman–Crippen LogP) is 2.83. The first-order valence-corrected chi connectivity index (χ1v) is 8.16. The van der Waals surface area contributed by atoms with Crippen LogP contribution in [0, 0.1) is 0 Å². The monoisotopic (exact) mass is 323 g/mol. The van der Waals surface area contributed by atoms with E-state index >= 15 is 0 Å². The molecule has 3 rings (SSSR count). The van der Waals surface area contributed by atoms with Crippen LogP contribution in [0.2, 0.25) is 0 Å². The Morgan fingerprint density at radius 1 is 0.917 bits per heavy atom. The molecule has 0 bridgehead atoms. The molecular weight excluding hydrogens is 302 g/mol. The van der Waals surface area contributed by atoms with Crippen LogP contribution in [-0.4, -0.2) is 18.0 Å². The van der Waals surface area contributed by atoms with Gasteiger partial charge < -0.3 is 16.0 Å². The zero-order valence-electron chi connectivity index (χ0n) is 13.4. The van der Waals surface area contributed by atoms with Gasteiger partial charge in [0.1, 0.15) is 0 Å². The summed E-state index contributed by atoms with van der Waals surface area (Å²) >= 11 is 0. The van der Waals surface area contributed by atoms with Crippen molar-refractivity contribution in [3.63, 3.8) is 0 Å². The third-order valence-corrected chi connectivity index (χ3v) is 3.81. The van der Waals surface area contributed by atoms with E-state index in [9.17, 15) is 9.59 Å². The highest BCUT2D eigenvalue weighted by Crippen LogP contribution is 2.19. The molecule has 0 radical (unpaired) electrons. The van der Waals surface area contributed by atoms with E-state index in [-0.39, 0.29) is 11.9 Å². The normalized spacial score (nSPS) is 13.2. The smallest absolute Gasteiger partial charge is 0.319 e. The zero-order valence-corrected chi connectivity index (χ0v) is 13.4. The van der Waals surface area contributed by atoms with E-state index in [4.69, 9.17) is 0 Å². The van der Waals surface area contributed by atoms with Crippen molar-refractivity contribution in [2.24, 2.45) is 0 Å². The number of amides is 3. The molecule has 0 unspecified atom stereocenters. The molecule has 5 nitrogen and oxygen atoms in total. The summed E-state index contributed by atoms with van der Waals surface area (Å²) in [7, 11) is 0. The molecule has 1 fully saturated rings. The van der Waals surface area contributed by atoms with Crippen molar-refractivity contribution in [1.82, 2.24) is 10.6 Å². The molecule has 2 aromatic carbocycles. The SMILES string of the molecule is O=C(Cc1ccc(NC(=O)NCc2ccccc2)cc1)NC1CC1. The van der Waals surface area contributed by atoms with Gasteiger partial charge in [0, 0.05) is 18.3 Å². The van der Waals surface area contributed by atoms with Gasteiger partial charge in [-0.05, 0) is 36.1 Å². The van der Waals surface area contributed by atoms with Crippen LogP contribution in [0.25, 0.3) is 0 Å². The standard InChI is InChI=1S/C19H21N3O2/c23-18(21-16-10-11-16)12-14-6-8-17(9-7-14)22-19(24)20-13-15-4-2-1-3-5-15/h1-9,16H,10-13H2,(H,21,23)(H2,20,22,24). The fourth-order valence-corrected chi connectivity index (χ4v) is 2.35. The molecule has 0 atom stereocenters. The molecular formula is C19H21N3O2. The quantitative estimate of drug-likeness (QED) is 0.765. The van der Waals surface area contributed by atoms with E-state index in [1.54, 1.807) is 0 Å². The van der Waals surface area contributed by atoms with Crippen LogP contribution >= 0.6 is 0 Å². The molecule has 1 aliphatic rings. The molecule has 1 aliphatic carbocycles. The first kappa shape index (κ1) is 16.1. The average Bonchev–Trinajstić information content (AvgIpc) is 3.39. The lowest BCUT2D eigenvalue weighted by molar-refractivity contribution is -0.120. The van der Waals surface area contributed by atoms with Crippen LogP contribution < -0.4 is 16.0 Å². The van der Waals surface area contributed by atoms with Crippen LogP contribution in [0.4, 0.5) is 10.5 Å². The Hall–Kier alpha value is -2.82. The molecule has 2 aromatic rings. The highest BCUT2D eigenvalue weighted by molar-refractivity contribution is 5.89. The molecule has 0 spiro atoms. The van der Waals surface area contributed by atoms with Gasteiger partial charge in [0.15, 0.2) is 0 Å². The molecule has 5 heteroatoms. The second-order valence-electron chi connectivity index (χ2n) is 6.01. The number of rotatable bonds is 6. The average molecular weight is 323 g/mol. The van der Waals surface area contributed by atoms with Crippen LogP contribution in [0.3, 0.4) is 0 Å². The van der Waals surface area contributed by atoms with Crippen molar-refractivity contribution in [3.05, 3.63) is 65.7 Å². The summed E-state index contributed by atoms with van der Waals surface area (Å²) in [4.78, 5) is 23.6. The Labute approximate surface area is 141 Å². The molecule has 1 saturated carbocycles. The number of urea groups is 1. The van der Waals surface area contributed by atoms with Gasteiger partial charge in [-0.25, -0.2) is 4.79 Å². The van der Waals surface area contributed by atoms with Crippen molar-refractivity contribution < 1.29 is 9.59 Å². The maximum atomic E-state index is 11.9. The van der Waals surface area contributed by atoms with Gasteiger partial charge in [-0.1, -0.05) is 42.5 Å². The Morgan fingerprint density at radius 2 is 1.62 bits per heavy atom. The van der Waals surface area contributed by atoms with Gasteiger partial charge >= 0.3 is 6.03 Å². The van der Waals surface area contributed by atoms with Crippen molar-refractivity contribution in [1.29, 1.82) is 0 Å². The summed E-state index contributed by atoms with van der Waals surface area (Å²) in [5, 5.41) is 8.56. The van der Waals surface area contributed by atoms with Gasteiger partial charge in [-0.2, -0.15) is 0 Å². The van der Waals surface area contributed by atoms with Crippen molar-refractivity contribution >= 4 is 17.6 Å². The molecule has 3 amide bonds. The van der Waals surface area contributed by atoms with E-state index in [0.717, 1.165) is 24.0 Å². The minimum atomic E-state index is -0.252. The number of carbonyl (C=O) groups excluding carboxylic acids is 2. The van der Waals surface area contributed by atoms with Gasteiger partial charge in [0.05, 0.1) is 6.42 Å². The molecule has 0 aromatic heterocycles. The summed E-state index contributed by atoms with van der Waals surface area (Å²) < 4.78 is 0. The Morgan fingerprint density at radius 3 is 2.29 bits per heavy atom. The van der Waals surface area contributed by atoms with Crippen LogP contribution in [0.5, 0.6) is 0 Å². The number of nitrogens with one attached hydrogen (secondary N) is 3. The lowest BCUT2D eigenvalue weighted by atomic mass is 10.1. The van der Waals surface area contributed by atoms with E-state index in [1.807, 2.05) is 54.6 Å². The predicted molar refractivity (Wildman–Crippen MR) is 93.6 cm³/mol. The third kappa shape index (κ3) is 5.12. The second kappa shape index (κ2) is 7.64. The van der Waals surface area contributed by atoms with E-state index in [0.29, 0.717) is 24.7 Å². The fourth-order valence-electron chi connectivity index (χ4n) is 2.35. The molecule has 0 aliphatic heterocycles. The van der Waals surface area contributed by atoms with Crippen LogP contribution in [-0.2, 0) is 17.8 Å². The van der Waals surface area contributed by atoms with E-state index in [1.165, 1.54) is 0 Å². The second-order valence-corrected chi connectivity index (χ2v) is 6.01. The Bertz CT molecular complexity index is 694. The number of benzene rings is 2.